The molecule has 1 saturated carbocycles. The number of carbonyl (C=O) groups is 2. The van der Waals surface area contributed by atoms with Gasteiger partial charge < -0.3 is 10.0 Å². The molecule has 1 saturated heterocycles. The number of carboxylic acid groups (broad SMARTS) is 1. The van der Waals surface area contributed by atoms with Crippen molar-refractivity contribution in [3.8, 4) is 0 Å². The number of carboxylic acids is 1. The van der Waals surface area contributed by atoms with Crippen molar-refractivity contribution < 1.29 is 14.7 Å². The number of aromatic nitrogens is 1. The lowest BCUT2D eigenvalue weighted by molar-refractivity contribution is -0.138. The molecule has 1 amide bonds. The Labute approximate surface area is 121 Å². The Hall–Kier alpha value is -1.43. The topological polar surface area (TPSA) is 70.5 Å². The van der Waals surface area contributed by atoms with E-state index in [1.54, 1.807) is 11.3 Å². The minimum atomic E-state index is -0.747. The van der Waals surface area contributed by atoms with E-state index in [0.29, 0.717) is 24.7 Å². The molecule has 0 radical (unpaired) electrons. The maximum absolute atomic E-state index is 12.3. The molecular weight excluding hydrogens is 276 g/mol. The van der Waals surface area contributed by atoms with Gasteiger partial charge in [-0.2, -0.15) is 0 Å². The van der Waals surface area contributed by atoms with Crippen molar-refractivity contribution in [2.24, 2.45) is 5.92 Å². The van der Waals surface area contributed by atoms with E-state index in [0.717, 1.165) is 17.8 Å². The van der Waals surface area contributed by atoms with E-state index in [4.69, 9.17) is 5.11 Å². The predicted molar refractivity (Wildman–Crippen MR) is 75.0 cm³/mol. The number of aliphatic carboxylic acids is 1. The SMILES string of the molecule is O=C(O)CC1CCN(C(=O)c2csc(C3CC3)n2)CC1. The molecule has 3 rings (SSSR count). The molecule has 108 valence electrons. The first-order chi connectivity index (χ1) is 9.63. The first-order valence-electron chi connectivity index (χ1n) is 7.10. The van der Waals surface area contributed by atoms with Gasteiger partial charge >= 0.3 is 5.97 Å². The van der Waals surface area contributed by atoms with Crippen LogP contribution in [-0.4, -0.2) is 40.0 Å². The lowest BCUT2D eigenvalue weighted by atomic mass is 9.93. The third-order valence-corrected chi connectivity index (χ3v) is 5.04. The molecule has 6 heteroatoms. The standard InChI is InChI=1S/C14H18N2O3S/c17-12(18)7-9-3-5-16(6-4-9)14(19)11-8-20-13(15-11)10-1-2-10/h8-10H,1-7H2,(H,17,18). The van der Waals surface area contributed by atoms with Gasteiger partial charge in [0.15, 0.2) is 0 Å². The van der Waals surface area contributed by atoms with Crippen molar-refractivity contribution in [2.75, 3.05) is 13.1 Å². The molecule has 0 spiro atoms. The Morgan fingerprint density at radius 2 is 2.00 bits per heavy atom. The molecule has 1 N–H and O–H groups in total. The van der Waals surface area contributed by atoms with Crippen LogP contribution in [0.2, 0.25) is 0 Å². The largest absolute Gasteiger partial charge is 0.481 e. The van der Waals surface area contributed by atoms with E-state index in [-0.39, 0.29) is 18.2 Å². The van der Waals surface area contributed by atoms with E-state index in [2.05, 4.69) is 4.98 Å². The zero-order chi connectivity index (χ0) is 14.1. The number of hydrogen-bond donors (Lipinski definition) is 1. The van der Waals surface area contributed by atoms with Gasteiger partial charge in [0, 0.05) is 30.8 Å². The van der Waals surface area contributed by atoms with Crippen LogP contribution in [0.15, 0.2) is 5.38 Å². The maximum Gasteiger partial charge on any atom is 0.303 e. The van der Waals surface area contributed by atoms with Crippen LogP contribution in [0, 0.1) is 5.92 Å². The van der Waals surface area contributed by atoms with Gasteiger partial charge in [0.1, 0.15) is 5.69 Å². The molecule has 1 aliphatic carbocycles. The quantitative estimate of drug-likeness (QED) is 0.925. The number of carbonyl (C=O) groups excluding carboxylic acids is 1. The number of thiazole rings is 1. The number of amides is 1. The molecule has 1 aliphatic heterocycles. The summed E-state index contributed by atoms with van der Waals surface area (Å²) in [5.74, 6) is 0.0436. The second kappa shape index (κ2) is 5.52. The van der Waals surface area contributed by atoms with Crippen molar-refractivity contribution in [1.29, 1.82) is 0 Å². The Kier molecular flexibility index (Phi) is 3.74. The van der Waals surface area contributed by atoms with E-state index in [1.165, 1.54) is 12.8 Å². The fraction of sp³-hybridized carbons (Fsp3) is 0.643. The van der Waals surface area contributed by atoms with Crippen LogP contribution in [-0.2, 0) is 4.79 Å². The zero-order valence-electron chi connectivity index (χ0n) is 11.2. The maximum atomic E-state index is 12.3. The molecule has 1 aromatic heterocycles. The van der Waals surface area contributed by atoms with Crippen LogP contribution >= 0.6 is 11.3 Å². The predicted octanol–water partition coefficient (Wildman–Crippen LogP) is 2.35. The molecule has 0 aromatic carbocycles. The highest BCUT2D eigenvalue weighted by Gasteiger charge is 2.30. The molecule has 5 nitrogen and oxygen atoms in total. The first-order valence-corrected chi connectivity index (χ1v) is 7.98. The summed E-state index contributed by atoms with van der Waals surface area (Å²) >= 11 is 1.59. The van der Waals surface area contributed by atoms with Crippen LogP contribution in [0.1, 0.15) is 53.5 Å². The smallest absolute Gasteiger partial charge is 0.303 e. The minimum absolute atomic E-state index is 0.00178. The Balaban J connectivity index is 1.56. The fourth-order valence-electron chi connectivity index (χ4n) is 2.65. The van der Waals surface area contributed by atoms with E-state index < -0.39 is 5.97 Å². The molecular formula is C14H18N2O3S. The summed E-state index contributed by atoms with van der Waals surface area (Å²) in [7, 11) is 0. The van der Waals surface area contributed by atoms with Crippen molar-refractivity contribution in [3.63, 3.8) is 0 Å². The molecule has 2 aliphatic rings. The monoisotopic (exact) mass is 294 g/mol. The van der Waals surface area contributed by atoms with E-state index in [9.17, 15) is 9.59 Å². The van der Waals surface area contributed by atoms with Crippen LogP contribution in [0.4, 0.5) is 0 Å². The highest BCUT2D eigenvalue weighted by atomic mass is 32.1. The third kappa shape index (κ3) is 3.00. The van der Waals surface area contributed by atoms with Gasteiger partial charge in [-0.3, -0.25) is 9.59 Å². The Morgan fingerprint density at radius 3 is 2.60 bits per heavy atom. The van der Waals surface area contributed by atoms with Gasteiger partial charge in [0.2, 0.25) is 0 Å². The highest BCUT2D eigenvalue weighted by Crippen LogP contribution is 2.41. The average molecular weight is 294 g/mol. The Bertz CT molecular complexity index is 516. The first kappa shape index (κ1) is 13.5. The van der Waals surface area contributed by atoms with E-state index >= 15 is 0 Å². The number of piperidine rings is 1. The molecule has 0 unspecified atom stereocenters. The van der Waals surface area contributed by atoms with Gasteiger partial charge in [-0.25, -0.2) is 4.98 Å². The second-order valence-corrected chi connectivity index (χ2v) is 6.57. The lowest BCUT2D eigenvalue weighted by Crippen LogP contribution is -2.39. The van der Waals surface area contributed by atoms with Gasteiger partial charge in [0.25, 0.3) is 5.91 Å². The van der Waals surface area contributed by atoms with Crippen molar-refractivity contribution in [1.82, 2.24) is 9.88 Å². The number of hydrogen-bond acceptors (Lipinski definition) is 4. The van der Waals surface area contributed by atoms with Crippen molar-refractivity contribution in [3.05, 3.63) is 16.1 Å². The van der Waals surface area contributed by atoms with Crippen LogP contribution in [0.25, 0.3) is 0 Å². The lowest BCUT2D eigenvalue weighted by Gasteiger charge is -2.30. The molecule has 1 aromatic rings. The number of rotatable bonds is 4. The summed E-state index contributed by atoms with van der Waals surface area (Å²) in [6.45, 7) is 1.29. The number of nitrogens with zero attached hydrogens (tertiary/aromatic N) is 2. The van der Waals surface area contributed by atoms with Gasteiger partial charge in [-0.05, 0) is 31.6 Å². The van der Waals surface area contributed by atoms with Gasteiger partial charge in [0.05, 0.1) is 5.01 Å². The molecule has 0 atom stereocenters. The number of likely N-dealkylation sites (tertiary alicyclic amines) is 1. The minimum Gasteiger partial charge on any atom is -0.481 e. The average Bonchev–Trinajstić information content (AvgIpc) is 3.16. The summed E-state index contributed by atoms with van der Waals surface area (Å²) in [6.07, 6.45) is 4.16. The molecule has 2 heterocycles. The zero-order valence-corrected chi connectivity index (χ0v) is 12.1. The molecule has 0 bridgehead atoms. The van der Waals surface area contributed by atoms with Gasteiger partial charge in [-0.15, -0.1) is 11.3 Å². The Morgan fingerprint density at radius 1 is 1.30 bits per heavy atom. The van der Waals surface area contributed by atoms with Gasteiger partial charge in [-0.1, -0.05) is 0 Å². The summed E-state index contributed by atoms with van der Waals surface area (Å²) in [5, 5.41) is 11.7. The molecule has 2 fully saturated rings. The summed E-state index contributed by atoms with van der Waals surface area (Å²) in [5.41, 5.74) is 0.564. The van der Waals surface area contributed by atoms with Crippen LogP contribution in [0.5, 0.6) is 0 Å². The van der Waals surface area contributed by atoms with Crippen LogP contribution in [0.3, 0.4) is 0 Å². The summed E-state index contributed by atoms with van der Waals surface area (Å²) in [6, 6.07) is 0. The van der Waals surface area contributed by atoms with E-state index in [1.807, 2.05) is 10.3 Å². The summed E-state index contributed by atoms with van der Waals surface area (Å²) in [4.78, 5) is 29.3. The normalized spacial score (nSPS) is 20.1. The third-order valence-electron chi connectivity index (χ3n) is 4.03. The summed E-state index contributed by atoms with van der Waals surface area (Å²) < 4.78 is 0. The second-order valence-electron chi connectivity index (χ2n) is 5.68. The van der Waals surface area contributed by atoms with Crippen molar-refractivity contribution in [2.45, 2.75) is 38.0 Å². The highest BCUT2D eigenvalue weighted by molar-refractivity contribution is 7.10. The molecule has 20 heavy (non-hydrogen) atoms. The fourth-order valence-corrected chi connectivity index (χ4v) is 3.62. The van der Waals surface area contributed by atoms with Crippen molar-refractivity contribution >= 4 is 23.2 Å². The van der Waals surface area contributed by atoms with Crippen LogP contribution < -0.4 is 0 Å².